The van der Waals surface area contributed by atoms with Gasteiger partial charge in [0.25, 0.3) is 11.8 Å². The molecule has 23 heavy (non-hydrogen) atoms. The second-order valence-corrected chi connectivity index (χ2v) is 6.66. The number of thioether (sulfide) groups is 2. The fourth-order valence-corrected chi connectivity index (χ4v) is 3.82. The van der Waals surface area contributed by atoms with Crippen molar-refractivity contribution in [1.82, 2.24) is 0 Å². The van der Waals surface area contributed by atoms with Crippen LogP contribution in [0.1, 0.15) is 0 Å². The maximum absolute atomic E-state index is 12.6. The molecule has 0 aliphatic carbocycles. The van der Waals surface area contributed by atoms with E-state index >= 15 is 0 Å². The Kier molecular flexibility index (Phi) is 6.52. The van der Waals surface area contributed by atoms with Crippen LogP contribution in [-0.2, 0) is 9.59 Å². The molecule has 1 aliphatic heterocycles. The van der Waals surface area contributed by atoms with E-state index in [1.54, 1.807) is 24.3 Å². The minimum Gasteiger partial charge on any atom is -0.497 e. The molecule has 2 rings (SSSR count). The summed E-state index contributed by atoms with van der Waals surface area (Å²) in [5, 5.41) is 17.9. The molecule has 0 spiro atoms. The molecule has 0 unspecified atom stereocenters. The zero-order chi connectivity index (χ0) is 16.8. The first-order valence-electron chi connectivity index (χ1n) is 6.88. The molecular weight excluding hydrogens is 338 g/mol. The minimum atomic E-state index is -0.404. The Morgan fingerprint density at radius 2 is 1.43 bits per heavy atom. The molecule has 1 aromatic rings. The van der Waals surface area contributed by atoms with E-state index in [0.717, 1.165) is 28.4 Å². The number of imide groups is 1. The van der Waals surface area contributed by atoms with Crippen LogP contribution in [0.4, 0.5) is 5.69 Å². The maximum Gasteiger partial charge on any atom is 0.273 e. The third kappa shape index (κ3) is 3.89. The summed E-state index contributed by atoms with van der Waals surface area (Å²) in [6, 6.07) is 6.63. The number of anilines is 1. The summed E-state index contributed by atoms with van der Waals surface area (Å²) in [4.78, 5) is 26.9. The summed E-state index contributed by atoms with van der Waals surface area (Å²) >= 11 is 2.30. The average molecular weight is 355 g/mol. The Morgan fingerprint density at radius 3 is 1.83 bits per heavy atom. The lowest BCUT2D eigenvalue weighted by molar-refractivity contribution is -0.120. The number of benzene rings is 1. The SMILES string of the molecule is COc1ccc(N2C(=O)C(SCCO)=C(SCCO)C2=O)cc1. The summed E-state index contributed by atoms with van der Waals surface area (Å²) in [5.74, 6) is 0.478. The highest BCUT2D eigenvalue weighted by molar-refractivity contribution is 8.08. The van der Waals surface area contributed by atoms with Gasteiger partial charge >= 0.3 is 0 Å². The highest BCUT2D eigenvalue weighted by Crippen LogP contribution is 2.38. The third-order valence-electron chi connectivity index (χ3n) is 3.01. The van der Waals surface area contributed by atoms with Gasteiger partial charge < -0.3 is 14.9 Å². The van der Waals surface area contributed by atoms with E-state index in [1.165, 1.54) is 7.11 Å². The number of aliphatic hydroxyl groups excluding tert-OH is 2. The third-order valence-corrected chi connectivity index (χ3v) is 5.24. The van der Waals surface area contributed by atoms with Crippen molar-refractivity contribution in [2.75, 3.05) is 36.7 Å². The van der Waals surface area contributed by atoms with E-state index in [1.807, 2.05) is 0 Å². The number of nitrogens with zero attached hydrogens (tertiary/aromatic N) is 1. The van der Waals surface area contributed by atoms with Crippen LogP contribution in [-0.4, -0.2) is 53.9 Å². The van der Waals surface area contributed by atoms with E-state index in [4.69, 9.17) is 14.9 Å². The Morgan fingerprint density at radius 1 is 0.957 bits per heavy atom. The summed E-state index contributed by atoms with van der Waals surface area (Å²) in [6.07, 6.45) is 0. The Balaban J connectivity index is 2.29. The lowest BCUT2D eigenvalue weighted by Gasteiger charge is -2.15. The van der Waals surface area contributed by atoms with Gasteiger partial charge in [0.1, 0.15) is 5.75 Å². The highest BCUT2D eigenvalue weighted by Gasteiger charge is 2.39. The molecule has 2 N–H and O–H groups in total. The van der Waals surface area contributed by atoms with Crippen molar-refractivity contribution >= 4 is 41.0 Å². The van der Waals surface area contributed by atoms with Crippen molar-refractivity contribution in [1.29, 1.82) is 0 Å². The number of carbonyl (C=O) groups excluding carboxylic acids is 2. The van der Waals surface area contributed by atoms with Crippen molar-refractivity contribution < 1.29 is 24.5 Å². The first-order valence-corrected chi connectivity index (χ1v) is 8.85. The van der Waals surface area contributed by atoms with E-state index < -0.39 is 11.8 Å². The normalized spacial score (nSPS) is 14.8. The molecule has 6 nitrogen and oxygen atoms in total. The largest absolute Gasteiger partial charge is 0.497 e. The number of methoxy groups -OCH3 is 1. The molecule has 0 saturated heterocycles. The molecule has 8 heteroatoms. The number of amides is 2. The van der Waals surface area contributed by atoms with Crippen molar-refractivity contribution in [2.45, 2.75) is 0 Å². The van der Waals surface area contributed by atoms with Gasteiger partial charge in [0.2, 0.25) is 0 Å². The smallest absolute Gasteiger partial charge is 0.273 e. The van der Waals surface area contributed by atoms with Gasteiger partial charge in [-0.2, -0.15) is 0 Å². The van der Waals surface area contributed by atoms with E-state index in [0.29, 0.717) is 32.8 Å². The molecule has 0 aromatic heterocycles. The zero-order valence-electron chi connectivity index (χ0n) is 12.5. The highest BCUT2D eigenvalue weighted by atomic mass is 32.2. The molecule has 1 aliphatic rings. The lowest BCUT2D eigenvalue weighted by Crippen LogP contribution is -2.31. The van der Waals surface area contributed by atoms with E-state index in [2.05, 4.69) is 0 Å². The molecule has 0 fully saturated rings. The standard InChI is InChI=1S/C15H17NO5S2/c1-21-11-4-2-10(3-5-11)16-14(19)12(22-8-6-17)13(15(16)20)23-9-7-18/h2-5,17-18H,6-9H2,1H3. The van der Waals surface area contributed by atoms with Crippen LogP contribution >= 0.6 is 23.5 Å². The van der Waals surface area contributed by atoms with E-state index in [9.17, 15) is 9.59 Å². The van der Waals surface area contributed by atoms with Gasteiger partial charge in [-0.15, -0.1) is 23.5 Å². The minimum absolute atomic E-state index is 0.0872. The van der Waals surface area contributed by atoms with Gasteiger partial charge in [0, 0.05) is 11.5 Å². The van der Waals surface area contributed by atoms with Crippen molar-refractivity contribution in [3.05, 3.63) is 34.1 Å². The summed E-state index contributed by atoms with van der Waals surface area (Å²) in [6.45, 7) is -0.174. The Labute approximate surface area is 142 Å². The summed E-state index contributed by atoms with van der Waals surface area (Å²) in [5.41, 5.74) is 0.461. The van der Waals surface area contributed by atoms with Gasteiger partial charge in [-0.1, -0.05) is 0 Å². The van der Waals surface area contributed by atoms with Crippen LogP contribution in [0, 0.1) is 0 Å². The number of carbonyl (C=O) groups is 2. The quantitative estimate of drug-likeness (QED) is 0.678. The predicted octanol–water partition coefficient (Wildman–Crippen LogP) is 1.23. The second-order valence-electron chi connectivity index (χ2n) is 4.45. The molecule has 0 radical (unpaired) electrons. The first-order chi connectivity index (χ1) is 11.1. The zero-order valence-corrected chi connectivity index (χ0v) is 14.2. The molecule has 1 heterocycles. The average Bonchev–Trinajstić information content (AvgIpc) is 2.81. The number of hydrogen-bond acceptors (Lipinski definition) is 7. The Hall–Kier alpha value is -1.48. The maximum atomic E-state index is 12.6. The Bertz CT molecular complexity index is 585. The molecular formula is C15H17NO5S2. The number of ether oxygens (including phenoxy) is 1. The van der Waals surface area contributed by atoms with Crippen LogP contribution in [0.25, 0.3) is 0 Å². The monoisotopic (exact) mass is 355 g/mol. The molecule has 124 valence electrons. The molecule has 0 saturated carbocycles. The van der Waals surface area contributed by atoms with Gasteiger partial charge in [-0.25, -0.2) is 4.90 Å². The predicted molar refractivity (Wildman–Crippen MR) is 91.6 cm³/mol. The van der Waals surface area contributed by atoms with Crippen LogP contribution in [0.15, 0.2) is 34.1 Å². The van der Waals surface area contributed by atoms with Crippen LogP contribution in [0.5, 0.6) is 5.75 Å². The number of aliphatic hydroxyl groups is 2. The summed E-state index contributed by atoms with van der Waals surface area (Å²) in [7, 11) is 1.54. The van der Waals surface area contributed by atoms with Crippen LogP contribution < -0.4 is 9.64 Å². The molecule has 0 atom stereocenters. The molecule has 0 bridgehead atoms. The lowest BCUT2D eigenvalue weighted by atomic mass is 10.3. The fourth-order valence-electron chi connectivity index (χ4n) is 2.01. The summed E-state index contributed by atoms with van der Waals surface area (Å²) < 4.78 is 5.07. The van der Waals surface area contributed by atoms with Gasteiger partial charge in [-0.3, -0.25) is 9.59 Å². The number of hydrogen-bond donors (Lipinski definition) is 2. The van der Waals surface area contributed by atoms with Crippen molar-refractivity contribution in [3.63, 3.8) is 0 Å². The van der Waals surface area contributed by atoms with Gasteiger partial charge in [0.05, 0.1) is 35.8 Å². The first kappa shape index (κ1) is 17.9. The number of rotatable bonds is 8. The molecule has 2 amide bonds. The van der Waals surface area contributed by atoms with Gasteiger partial charge in [0.15, 0.2) is 0 Å². The van der Waals surface area contributed by atoms with Gasteiger partial charge in [-0.05, 0) is 24.3 Å². The van der Waals surface area contributed by atoms with Crippen LogP contribution in [0.2, 0.25) is 0 Å². The van der Waals surface area contributed by atoms with Crippen molar-refractivity contribution in [2.24, 2.45) is 0 Å². The van der Waals surface area contributed by atoms with Crippen LogP contribution in [0.3, 0.4) is 0 Å². The van der Waals surface area contributed by atoms with Crippen molar-refractivity contribution in [3.8, 4) is 5.75 Å². The second kappa shape index (κ2) is 8.39. The fraction of sp³-hybridized carbons (Fsp3) is 0.333. The molecule has 1 aromatic carbocycles. The van der Waals surface area contributed by atoms with E-state index in [-0.39, 0.29) is 13.2 Å². The topological polar surface area (TPSA) is 87.1 Å².